The van der Waals surface area contributed by atoms with Gasteiger partial charge in [0.1, 0.15) is 0 Å². The van der Waals surface area contributed by atoms with Crippen LogP contribution < -0.4 is 0 Å². The molecule has 7 heteroatoms. The van der Waals surface area contributed by atoms with Crippen molar-refractivity contribution in [1.82, 2.24) is 0 Å². The topological polar surface area (TPSA) is 97.3 Å². The Morgan fingerprint density at radius 1 is 1.50 bits per heavy atom. The van der Waals surface area contributed by atoms with Gasteiger partial charge in [0.2, 0.25) is 0 Å². The fourth-order valence-corrected chi connectivity index (χ4v) is 1.51. The van der Waals surface area contributed by atoms with Gasteiger partial charge in [-0.15, -0.1) is 5.11 Å². The normalized spacial score (nSPS) is 21.8. The Labute approximate surface area is 102 Å². The molecule has 2 rings (SSSR count). The van der Waals surface area contributed by atoms with Crippen molar-refractivity contribution in [3.8, 4) is 0 Å². The highest BCUT2D eigenvalue weighted by atomic mass is 16.6. The summed E-state index contributed by atoms with van der Waals surface area (Å²) in [5, 5.41) is 18.3. The first-order valence-electron chi connectivity index (χ1n) is 5.21. The van der Waals surface area contributed by atoms with E-state index in [-0.39, 0.29) is 11.5 Å². The summed E-state index contributed by atoms with van der Waals surface area (Å²) in [5.74, 6) is -0.214. The Bertz CT molecular complexity index is 594. The predicted molar refractivity (Wildman–Crippen MR) is 64.1 cm³/mol. The quantitative estimate of drug-likeness (QED) is 0.463. The van der Waals surface area contributed by atoms with E-state index in [2.05, 4.69) is 15.2 Å². The number of nitrogens with zero attached hydrogens (tertiary/aromatic N) is 4. The molecular formula is C11H10N4O3. The number of azo groups is 1. The highest BCUT2D eigenvalue weighted by molar-refractivity contribution is 6.21. The van der Waals surface area contributed by atoms with Gasteiger partial charge in [-0.05, 0) is 19.9 Å². The molecule has 1 heterocycles. The van der Waals surface area contributed by atoms with E-state index in [4.69, 9.17) is 0 Å². The number of carbonyl (C=O) groups is 1. The van der Waals surface area contributed by atoms with E-state index in [1.165, 1.54) is 25.1 Å². The largest absolute Gasteiger partial charge is 0.295 e. The van der Waals surface area contributed by atoms with Crippen LogP contribution in [0.3, 0.4) is 0 Å². The summed E-state index contributed by atoms with van der Waals surface area (Å²) in [7, 11) is 0. The minimum absolute atomic E-state index is 0.0724. The van der Waals surface area contributed by atoms with Gasteiger partial charge in [-0.2, -0.15) is 5.11 Å². The molecule has 0 saturated heterocycles. The number of carbonyl (C=O) groups excluding carboxylic acids is 1. The molecule has 1 aliphatic heterocycles. The number of Topliss-reactive ketones (excluding diaryl/α,β-unsaturated/α-hetero) is 1. The number of aliphatic imine (C=N–C) groups is 1. The highest BCUT2D eigenvalue weighted by Gasteiger charge is 2.50. The number of benzene rings is 1. The molecule has 0 N–H and O–H groups in total. The third-order valence-corrected chi connectivity index (χ3v) is 2.63. The summed E-state index contributed by atoms with van der Waals surface area (Å²) >= 11 is 0. The fourth-order valence-electron chi connectivity index (χ4n) is 1.51. The van der Waals surface area contributed by atoms with E-state index in [0.29, 0.717) is 11.4 Å². The van der Waals surface area contributed by atoms with Crippen molar-refractivity contribution < 1.29 is 9.72 Å². The SMILES string of the molecule is CC(=O)[C@@]1(N=Nc2cccc([N+](=O)[O-])c2)N=C1C. The van der Waals surface area contributed by atoms with Crippen molar-refractivity contribution in [3.05, 3.63) is 34.4 Å². The standard InChI is InChI=1S/C11H10N4O3/c1-7-11(12-7,8(2)16)14-13-9-4-3-5-10(6-9)15(17)18/h3-6H,1-2H3/t11-/m1/s1. The molecule has 0 aromatic heterocycles. The monoisotopic (exact) mass is 246 g/mol. The molecular weight excluding hydrogens is 236 g/mol. The molecule has 0 radical (unpaired) electrons. The molecule has 7 nitrogen and oxygen atoms in total. The van der Waals surface area contributed by atoms with Crippen molar-refractivity contribution in [2.24, 2.45) is 15.2 Å². The van der Waals surface area contributed by atoms with Crippen molar-refractivity contribution in [2.45, 2.75) is 19.5 Å². The molecule has 0 fully saturated rings. The van der Waals surface area contributed by atoms with Gasteiger partial charge in [0.15, 0.2) is 5.78 Å². The van der Waals surface area contributed by atoms with E-state index in [1.54, 1.807) is 13.0 Å². The van der Waals surface area contributed by atoms with Crippen LogP contribution in [0.4, 0.5) is 11.4 Å². The van der Waals surface area contributed by atoms with Gasteiger partial charge in [0.25, 0.3) is 11.4 Å². The lowest BCUT2D eigenvalue weighted by Gasteiger charge is -2.01. The molecule has 0 saturated carbocycles. The summed E-state index contributed by atoms with van der Waals surface area (Å²) in [6.45, 7) is 3.07. The molecule has 1 aromatic rings. The van der Waals surface area contributed by atoms with Crippen LogP contribution in [0.5, 0.6) is 0 Å². The molecule has 1 aromatic carbocycles. The lowest BCUT2D eigenvalue weighted by Crippen LogP contribution is -2.23. The Morgan fingerprint density at radius 3 is 2.67 bits per heavy atom. The molecule has 0 amide bonds. The second kappa shape index (κ2) is 4.10. The van der Waals surface area contributed by atoms with Gasteiger partial charge in [-0.25, -0.2) is 4.99 Å². The smallest absolute Gasteiger partial charge is 0.271 e. The number of ketones is 1. The maximum atomic E-state index is 11.4. The zero-order chi connectivity index (χ0) is 13.3. The van der Waals surface area contributed by atoms with Crippen LogP contribution in [0.2, 0.25) is 0 Å². The Balaban J connectivity index is 2.22. The number of hydrogen-bond donors (Lipinski definition) is 0. The van der Waals surface area contributed by atoms with Crippen LogP contribution in [0.15, 0.2) is 39.5 Å². The summed E-state index contributed by atoms with van der Waals surface area (Å²) in [6.07, 6.45) is 0. The second-order valence-corrected chi connectivity index (χ2v) is 3.90. The summed E-state index contributed by atoms with van der Waals surface area (Å²) in [4.78, 5) is 25.4. The average Bonchev–Trinajstić information content (AvgIpc) is 2.99. The number of rotatable bonds is 4. The van der Waals surface area contributed by atoms with Crippen molar-refractivity contribution >= 4 is 22.9 Å². The van der Waals surface area contributed by atoms with Crippen molar-refractivity contribution in [2.75, 3.05) is 0 Å². The van der Waals surface area contributed by atoms with E-state index >= 15 is 0 Å². The minimum Gasteiger partial charge on any atom is -0.295 e. The molecule has 0 unspecified atom stereocenters. The van der Waals surface area contributed by atoms with E-state index in [0.717, 1.165) is 0 Å². The van der Waals surface area contributed by atoms with Gasteiger partial charge < -0.3 is 0 Å². The van der Waals surface area contributed by atoms with Crippen LogP contribution in [-0.2, 0) is 4.79 Å². The molecule has 0 spiro atoms. The van der Waals surface area contributed by atoms with Crippen molar-refractivity contribution in [3.63, 3.8) is 0 Å². The lowest BCUT2D eigenvalue weighted by molar-refractivity contribution is -0.384. The van der Waals surface area contributed by atoms with Gasteiger partial charge >= 0.3 is 0 Å². The highest BCUT2D eigenvalue weighted by Crippen LogP contribution is 2.32. The molecule has 1 aliphatic rings. The molecule has 1 atom stereocenters. The van der Waals surface area contributed by atoms with Crippen LogP contribution >= 0.6 is 0 Å². The van der Waals surface area contributed by atoms with Crippen LogP contribution in [0.1, 0.15) is 13.8 Å². The first-order valence-corrected chi connectivity index (χ1v) is 5.21. The number of non-ortho nitro benzene ring substituents is 1. The van der Waals surface area contributed by atoms with Crippen LogP contribution in [0, 0.1) is 10.1 Å². The predicted octanol–water partition coefficient (Wildman–Crippen LogP) is 2.44. The molecule has 0 aliphatic carbocycles. The van der Waals surface area contributed by atoms with Gasteiger partial charge in [0, 0.05) is 12.1 Å². The van der Waals surface area contributed by atoms with Crippen LogP contribution in [-0.4, -0.2) is 22.1 Å². The van der Waals surface area contributed by atoms with E-state index in [9.17, 15) is 14.9 Å². The lowest BCUT2D eigenvalue weighted by atomic mass is 10.1. The average molecular weight is 246 g/mol. The third kappa shape index (κ3) is 2.02. The molecule has 0 bridgehead atoms. The first-order chi connectivity index (χ1) is 8.45. The minimum atomic E-state index is -1.16. The van der Waals surface area contributed by atoms with E-state index < -0.39 is 10.6 Å². The maximum absolute atomic E-state index is 11.4. The Kier molecular flexibility index (Phi) is 2.74. The van der Waals surface area contributed by atoms with Gasteiger partial charge in [0.05, 0.1) is 16.3 Å². The third-order valence-electron chi connectivity index (χ3n) is 2.63. The number of hydrogen-bond acceptors (Lipinski definition) is 6. The van der Waals surface area contributed by atoms with Crippen molar-refractivity contribution in [1.29, 1.82) is 0 Å². The number of nitro groups is 1. The van der Waals surface area contributed by atoms with E-state index in [1.807, 2.05) is 0 Å². The number of nitro benzene ring substituents is 1. The molecule has 92 valence electrons. The summed E-state index contributed by atoms with van der Waals surface area (Å²) < 4.78 is 0. The van der Waals surface area contributed by atoms with Crippen LogP contribution in [0.25, 0.3) is 0 Å². The zero-order valence-electron chi connectivity index (χ0n) is 9.82. The second-order valence-electron chi connectivity index (χ2n) is 3.90. The maximum Gasteiger partial charge on any atom is 0.271 e. The summed E-state index contributed by atoms with van der Waals surface area (Å²) in [6, 6.07) is 5.73. The van der Waals surface area contributed by atoms with Gasteiger partial charge in [-0.3, -0.25) is 14.9 Å². The first kappa shape index (κ1) is 12.0. The molecule has 18 heavy (non-hydrogen) atoms. The Hall–Kier alpha value is -2.44. The Morgan fingerprint density at radius 2 is 2.17 bits per heavy atom. The zero-order valence-corrected chi connectivity index (χ0v) is 9.82. The van der Waals surface area contributed by atoms with Gasteiger partial charge in [-0.1, -0.05) is 6.07 Å². The summed E-state index contributed by atoms with van der Waals surface area (Å²) in [5.41, 5.74) is -0.314. The fraction of sp³-hybridized carbons (Fsp3) is 0.273.